The Morgan fingerprint density at radius 2 is 1.89 bits per heavy atom. The monoisotopic (exact) mass is 275 g/mol. The van der Waals surface area contributed by atoms with Gasteiger partial charge in [-0.2, -0.15) is 0 Å². The molecule has 0 atom stereocenters. The molecule has 0 fully saturated rings. The number of nitrogens with two attached hydrogens (primary N) is 1. The predicted octanol–water partition coefficient (Wildman–Crippen LogP) is 4.09. The van der Waals surface area contributed by atoms with Crippen LogP contribution in [-0.2, 0) is 6.54 Å². The van der Waals surface area contributed by atoms with Crippen LogP contribution in [0.25, 0.3) is 11.1 Å². The third-order valence-electron chi connectivity index (χ3n) is 3.20. The van der Waals surface area contributed by atoms with E-state index < -0.39 is 0 Å². The van der Waals surface area contributed by atoms with Crippen molar-refractivity contribution >= 4 is 11.6 Å². The normalized spacial score (nSPS) is 10.6. The Balaban J connectivity index is 2.64. The molecule has 100 valence electrons. The van der Waals surface area contributed by atoms with Crippen molar-refractivity contribution < 1.29 is 4.74 Å². The van der Waals surface area contributed by atoms with Crippen LogP contribution < -0.4 is 10.5 Å². The van der Waals surface area contributed by atoms with Crippen molar-refractivity contribution in [3.63, 3.8) is 0 Å². The number of ether oxygens (including phenoxy) is 1. The van der Waals surface area contributed by atoms with E-state index in [0.29, 0.717) is 11.6 Å². The standard InChI is InChI=1S/C16H18ClNO/c1-10-6-11(2)16(15(7-10)19-3)13-5-4-12(9-18)8-14(13)17/h4-8H,9,18H2,1-3H3. The zero-order chi connectivity index (χ0) is 14.0. The molecule has 0 saturated carbocycles. The predicted molar refractivity (Wildman–Crippen MR) is 80.8 cm³/mol. The summed E-state index contributed by atoms with van der Waals surface area (Å²) in [7, 11) is 1.68. The maximum absolute atomic E-state index is 6.37. The van der Waals surface area contributed by atoms with Crippen LogP contribution in [0.4, 0.5) is 0 Å². The second-order valence-corrected chi connectivity index (χ2v) is 5.08. The fourth-order valence-electron chi connectivity index (χ4n) is 2.32. The molecule has 2 aromatic carbocycles. The Morgan fingerprint density at radius 3 is 2.47 bits per heavy atom. The lowest BCUT2D eigenvalue weighted by Crippen LogP contribution is -1.97. The maximum atomic E-state index is 6.37. The third kappa shape index (κ3) is 2.75. The van der Waals surface area contributed by atoms with Gasteiger partial charge >= 0.3 is 0 Å². The SMILES string of the molecule is COc1cc(C)cc(C)c1-c1ccc(CN)cc1Cl. The summed E-state index contributed by atoms with van der Waals surface area (Å²) in [5.41, 5.74) is 11.0. The summed E-state index contributed by atoms with van der Waals surface area (Å²) in [6, 6.07) is 10.1. The Bertz CT molecular complexity index is 608. The smallest absolute Gasteiger partial charge is 0.127 e. The molecule has 19 heavy (non-hydrogen) atoms. The highest BCUT2D eigenvalue weighted by atomic mass is 35.5. The molecule has 0 aliphatic carbocycles. The van der Waals surface area contributed by atoms with Crippen LogP contribution in [0.5, 0.6) is 5.75 Å². The second-order valence-electron chi connectivity index (χ2n) is 4.68. The lowest BCUT2D eigenvalue weighted by atomic mass is 9.96. The summed E-state index contributed by atoms with van der Waals surface area (Å²) in [6.45, 7) is 4.61. The second kappa shape index (κ2) is 5.64. The van der Waals surface area contributed by atoms with Crippen molar-refractivity contribution in [1.82, 2.24) is 0 Å². The molecule has 2 N–H and O–H groups in total. The summed E-state index contributed by atoms with van der Waals surface area (Å²) >= 11 is 6.37. The Kier molecular flexibility index (Phi) is 4.13. The van der Waals surface area contributed by atoms with E-state index in [9.17, 15) is 0 Å². The third-order valence-corrected chi connectivity index (χ3v) is 3.51. The molecule has 3 heteroatoms. The van der Waals surface area contributed by atoms with Crippen molar-refractivity contribution in [2.75, 3.05) is 7.11 Å². The summed E-state index contributed by atoms with van der Waals surface area (Å²) < 4.78 is 5.49. The fourth-order valence-corrected chi connectivity index (χ4v) is 2.62. The van der Waals surface area contributed by atoms with Crippen molar-refractivity contribution in [3.8, 4) is 16.9 Å². The highest BCUT2D eigenvalue weighted by molar-refractivity contribution is 6.33. The van der Waals surface area contributed by atoms with Gasteiger partial charge < -0.3 is 10.5 Å². The van der Waals surface area contributed by atoms with Crippen LogP contribution in [0.15, 0.2) is 30.3 Å². The molecule has 0 spiro atoms. The first-order valence-electron chi connectivity index (χ1n) is 6.21. The van der Waals surface area contributed by atoms with E-state index in [2.05, 4.69) is 19.9 Å². The lowest BCUT2D eigenvalue weighted by molar-refractivity contribution is 0.416. The Labute approximate surface area is 119 Å². The Hall–Kier alpha value is -1.51. The van der Waals surface area contributed by atoms with Crippen molar-refractivity contribution in [2.45, 2.75) is 20.4 Å². The van der Waals surface area contributed by atoms with Gasteiger partial charge in [-0.15, -0.1) is 0 Å². The summed E-state index contributed by atoms with van der Waals surface area (Å²) in [5.74, 6) is 0.847. The van der Waals surface area contributed by atoms with Crippen molar-refractivity contribution in [2.24, 2.45) is 5.73 Å². The average molecular weight is 276 g/mol. The Morgan fingerprint density at radius 1 is 1.16 bits per heavy atom. The van der Waals surface area contributed by atoms with Gasteiger partial charge in [0.15, 0.2) is 0 Å². The molecular formula is C16H18ClNO. The molecule has 0 bridgehead atoms. The fraction of sp³-hybridized carbons (Fsp3) is 0.250. The summed E-state index contributed by atoms with van der Waals surface area (Å²) in [4.78, 5) is 0. The number of rotatable bonds is 3. The average Bonchev–Trinajstić information content (AvgIpc) is 2.38. The number of halogens is 1. The molecule has 2 aromatic rings. The first kappa shape index (κ1) is 13.9. The minimum Gasteiger partial charge on any atom is -0.496 e. The van der Waals surface area contributed by atoms with Crippen molar-refractivity contribution in [1.29, 1.82) is 0 Å². The van der Waals surface area contributed by atoms with E-state index >= 15 is 0 Å². The minimum atomic E-state index is 0.490. The van der Waals surface area contributed by atoms with Gasteiger partial charge in [0.2, 0.25) is 0 Å². The number of benzene rings is 2. The van der Waals surface area contributed by atoms with Gasteiger partial charge in [-0.25, -0.2) is 0 Å². The van der Waals surface area contributed by atoms with Gasteiger partial charge in [0, 0.05) is 22.7 Å². The van der Waals surface area contributed by atoms with Gasteiger partial charge in [0.1, 0.15) is 5.75 Å². The summed E-state index contributed by atoms with van der Waals surface area (Å²) in [6.07, 6.45) is 0. The molecule has 0 heterocycles. The number of aryl methyl sites for hydroxylation is 2. The highest BCUT2D eigenvalue weighted by Crippen LogP contribution is 2.38. The molecule has 2 nitrogen and oxygen atoms in total. The van der Waals surface area contributed by atoms with Crippen LogP contribution in [0.3, 0.4) is 0 Å². The largest absolute Gasteiger partial charge is 0.496 e. The molecule has 2 rings (SSSR count). The maximum Gasteiger partial charge on any atom is 0.127 e. The van der Waals surface area contributed by atoms with Crippen LogP contribution in [-0.4, -0.2) is 7.11 Å². The van der Waals surface area contributed by atoms with Crippen LogP contribution in [0, 0.1) is 13.8 Å². The first-order valence-corrected chi connectivity index (χ1v) is 6.58. The van der Waals surface area contributed by atoms with Gasteiger partial charge in [-0.3, -0.25) is 0 Å². The number of hydrogen-bond acceptors (Lipinski definition) is 2. The molecule has 0 unspecified atom stereocenters. The minimum absolute atomic E-state index is 0.490. The van der Waals surface area contributed by atoms with Crippen LogP contribution in [0.2, 0.25) is 5.02 Å². The van der Waals surface area contributed by atoms with E-state index in [1.165, 1.54) is 5.56 Å². The van der Waals surface area contributed by atoms with E-state index in [0.717, 1.165) is 28.0 Å². The van der Waals surface area contributed by atoms with Gasteiger partial charge in [0.25, 0.3) is 0 Å². The van der Waals surface area contributed by atoms with E-state index in [1.807, 2.05) is 24.3 Å². The van der Waals surface area contributed by atoms with E-state index in [4.69, 9.17) is 22.1 Å². The molecular weight excluding hydrogens is 258 g/mol. The van der Waals surface area contributed by atoms with Gasteiger partial charge in [-0.1, -0.05) is 29.8 Å². The molecule has 0 aromatic heterocycles. The first-order chi connectivity index (χ1) is 9.06. The van der Waals surface area contributed by atoms with Crippen LogP contribution in [0.1, 0.15) is 16.7 Å². The number of hydrogen-bond donors (Lipinski definition) is 1. The summed E-state index contributed by atoms with van der Waals surface area (Å²) in [5, 5.41) is 0.702. The van der Waals surface area contributed by atoms with E-state index in [-0.39, 0.29) is 0 Å². The van der Waals surface area contributed by atoms with Crippen molar-refractivity contribution in [3.05, 3.63) is 52.0 Å². The van der Waals surface area contributed by atoms with Gasteiger partial charge in [-0.05, 0) is 42.7 Å². The molecule has 0 radical (unpaired) electrons. The highest BCUT2D eigenvalue weighted by Gasteiger charge is 2.13. The molecule has 0 saturated heterocycles. The quantitative estimate of drug-likeness (QED) is 0.916. The van der Waals surface area contributed by atoms with E-state index in [1.54, 1.807) is 7.11 Å². The topological polar surface area (TPSA) is 35.2 Å². The lowest BCUT2D eigenvalue weighted by Gasteiger charge is -2.15. The zero-order valence-electron chi connectivity index (χ0n) is 11.5. The molecule has 0 aliphatic heterocycles. The molecule has 0 amide bonds. The number of methoxy groups -OCH3 is 1. The van der Waals surface area contributed by atoms with Gasteiger partial charge in [0.05, 0.1) is 7.11 Å². The molecule has 0 aliphatic rings. The zero-order valence-corrected chi connectivity index (χ0v) is 12.2. The van der Waals surface area contributed by atoms with Crippen LogP contribution >= 0.6 is 11.6 Å².